The van der Waals surface area contributed by atoms with Crippen LogP contribution in [-0.2, 0) is 18.6 Å². The fourth-order valence-electron chi connectivity index (χ4n) is 4.90. The first kappa shape index (κ1) is 19.8. The van der Waals surface area contributed by atoms with Crippen molar-refractivity contribution in [2.75, 3.05) is 27.2 Å². The van der Waals surface area contributed by atoms with E-state index in [4.69, 9.17) is 5.11 Å². The van der Waals surface area contributed by atoms with E-state index >= 15 is 0 Å². The van der Waals surface area contributed by atoms with Gasteiger partial charge in [0, 0.05) is 12.1 Å². The van der Waals surface area contributed by atoms with Gasteiger partial charge in [0.2, 0.25) is 0 Å². The maximum atomic E-state index is 12.7. The number of amides is 2. The number of hydrogen-bond acceptors (Lipinski definition) is 5. The van der Waals surface area contributed by atoms with Crippen molar-refractivity contribution >= 4 is 6.03 Å². The third kappa shape index (κ3) is 3.74. The normalized spacial score (nSPS) is 27.0. The third-order valence-electron chi connectivity index (χ3n) is 6.62. The van der Waals surface area contributed by atoms with E-state index in [2.05, 4.69) is 65.0 Å². The van der Waals surface area contributed by atoms with Crippen LogP contribution in [0.15, 0.2) is 36.5 Å². The Kier molecular flexibility index (Phi) is 5.31. The van der Waals surface area contributed by atoms with Crippen molar-refractivity contribution < 1.29 is 9.90 Å². The monoisotopic (exact) mass is 398 g/mol. The van der Waals surface area contributed by atoms with Gasteiger partial charge in [0.15, 0.2) is 0 Å². The Hall–Kier alpha value is -2.45. The highest BCUT2D eigenvalue weighted by Gasteiger charge is 2.50. The summed E-state index contributed by atoms with van der Waals surface area (Å²) in [5.41, 5.74) is 1.93. The molecule has 0 atom stereocenters. The summed E-state index contributed by atoms with van der Waals surface area (Å²) in [6, 6.07) is 10.7. The van der Waals surface area contributed by atoms with Crippen LogP contribution in [0.25, 0.3) is 0 Å². The highest BCUT2D eigenvalue weighted by Crippen LogP contribution is 2.45. The first-order valence-corrected chi connectivity index (χ1v) is 10.3. The minimum Gasteiger partial charge on any atom is -0.394 e. The van der Waals surface area contributed by atoms with Crippen LogP contribution in [0.5, 0.6) is 0 Å². The summed E-state index contributed by atoms with van der Waals surface area (Å²) in [6.45, 7) is 1.56. The summed E-state index contributed by atoms with van der Waals surface area (Å²) in [7, 11) is 4.31. The molecule has 2 fully saturated rings. The van der Waals surface area contributed by atoms with Crippen molar-refractivity contribution in [3.8, 4) is 0 Å². The minimum atomic E-state index is -0.174. The summed E-state index contributed by atoms with van der Waals surface area (Å²) < 4.78 is 1.60. The van der Waals surface area contributed by atoms with Crippen LogP contribution < -0.4 is 5.32 Å². The van der Waals surface area contributed by atoms with E-state index in [0.29, 0.717) is 19.6 Å². The Morgan fingerprint density at radius 2 is 1.90 bits per heavy atom. The van der Waals surface area contributed by atoms with Crippen molar-refractivity contribution in [2.24, 2.45) is 0 Å². The predicted molar refractivity (Wildman–Crippen MR) is 109 cm³/mol. The average molecular weight is 399 g/mol. The van der Waals surface area contributed by atoms with Gasteiger partial charge in [0.1, 0.15) is 5.69 Å². The lowest BCUT2D eigenvalue weighted by molar-refractivity contribution is 0.0617. The number of aromatic nitrogens is 3. The smallest absolute Gasteiger partial charge is 0.318 e. The Morgan fingerprint density at radius 3 is 2.55 bits per heavy atom. The zero-order chi connectivity index (χ0) is 20.5. The van der Waals surface area contributed by atoms with Crippen LogP contribution in [0.4, 0.5) is 4.79 Å². The molecule has 2 aromatic rings. The molecule has 1 aliphatic heterocycles. The molecule has 1 saturated heterocycles. The summed E-state index contributed by atoms with van der Waals surface area (Å²) in [4.78, 5) is 16.8. The molecule has 4 rings (SSSR count). The lowest BCUT2D eigenvalue weighted by atomic mass is 9.69. The number of urea groups is 1. The maximum absolute atomic E-state index is 12.7. The minimum absolute atomic E-state index is 0.0116. The van der Waals surface area contributed by atoms with E-state index in [1.54, 1.807) is 10.9 Å². The van der Waals surface area contributed by atoms with E-state index in [9.17, 15) is 4.79 Å². The number of aliphatic hydroxyl groups excluding tert-OH is 1. The van der Waals surface area contributed by atoms with E-state index in [-0.39, 0.29) is 23.7 Å². The van der Waals surface area contributed by atoms with E-state index in [0.717, 1.165) is 31.4 Å². The van der Waals surface area contributed by atoms with Crippen molar-refractivity contribution in [3.05, 3.63) is 47.8 Å². The molecule has 0 radical (unpaired) electrons. The molecule has 2 N–H and O–H groups in total. The summed E-state index contributed by atoms with van der Waals surface area (Å²) in [5.74, 6) is 0. The fourth-order valence-corrected chi connectivity index (χ4v) is 4.90. The standard InChI is InChI=1S/C21H30N6O2/c1-25(2)21(17-6-4-3-5-7-17)10-8-20(9-11-21)16-26(19(29)22-20)14-18-15-27(12-13-28)24-23-18/h3-7,15,28H,8-14,16H2,1-2H3,(H,22,29). The first-order chi connectivity index (χ1) is 14.0. The Morgan fingerprint density at radius 1 is 1.17 bits per heavy atom. The Balaban J connectivity index is 1.45. The zero-order valence-corrected chi connectivity index (χ0v) is 17.2. The fraction of sp³-hybridized carbons (Fsp3) is 0.571. The number of carbonyl (C=O) groups is 1. The molecule has 29 heavy (non-hydrogen) atoms. The van der Waals surface area contributed by atoms with Gasteiger partial charge in [-0.3, -0.25) is 4.90 Å². The molecule has 0 unspecified atom stereocenters. The molecule has 2 aliphatic rings. The second-order valence-corrected chi connectivity index (χ2v) is 8.56. The van der Waals surface area contributed by atoms with Gasteiger partial charge in [-0.15, -0.1) is 5.10 Å². The molecule has 8 heteroatoms. The van der Waals surface area contributed by atoms with Gasteiger partial charge < -0.3 is 15.3 Å². The molecule has 1 spiro atoms. The Bertz CT molecular complexity index is 842. The van der Waals surface area contributed by atoms with Crippen molar-refractivity contribution in [2.45, 2.75) is 49.9 Å². The number of hydrogen-bond donors (Lipinski definition) is 2. The van der Waals surface area contributed by atoms with Crippen LogP contribution in [0, 0.1) is 0 Å². The summed E-state index contributed by atoms with van der Waals surface area (Å²) in [6.07, 6.45) is 5.69. The quantitative estimate of drug-likeness (QED) is 0.771. The van der Waals surface area contributed by atoms with Crippen LogP contribution >= 0.6 is 0 Å². The summed E-state index contributed by atoms with van der Waals surface area (Å²) in [5, 5.41) is 20.4. The molecule has 8 nitrogen and oxygen atoms in total. The van der Waals surface area contributed by atoms with E-state index < -0.39 is 0 Å². The summed E-state index contributed by atoms with van der Waals surface area (Å²) >= 11 is 0. The van der Waals surface area contributed by atoms with Crippen LogP contribution in [0.1, 0.15) is 36.9 Å². The van der Waals surface area contributed by atoms with Crippen LogP contribution in [-0.4, -0.2) is 68.7 Å². The van der Waals surface area contributed by atoms with Crippen molar-refractivity contribution in [1.29, 1.82) is 0 Å². The number of carbonyl (C=O) groups excluding carboxylic acids is 1. The van der Waals surface area contributed by atoms with Gasteiger partial charge in [0.25, 0.3) is 0 Å². The van der Waals surface area contributed by atoms with E-state index in [1.165, 1.54) is 5.56 Å². The molecule has 1 aromatic carbocycles. The molecular weight excluding hydrogens is 368 g/mol. The third-order valence-corrected chi connectivity index (χ3v) is 6.62. The molecular formula is C21H30N6O2. The van der Waals surface area contributed by atoms with Crippen LogP contribution in [0.2, 0.25) is 0 Å². The van der Waals surface area contributed by atoms with Gasteiger partial charge >= 0.3 is 6.03 Å². The zero-order valence-electron chi connectivity index (χ0n) is 17.2. The molecule has 2 amide bonds. The van der Waals surface area contributed by atoms with Gasteiger partial charge in [-0.2, -0.15) is 0 Å². The number of rotatable bonds is 6. The first-order valence-electron chi connectivity index (χ1n) is 10.3. The highest BCUT2D eigenvalue weighted by molar-refractivity contribution is 5.78. The lowest BCUT2D eigenvalue weighted by Crippen LogP contribution is -2.54. The Labute approximate surface area is 171 Å². The SMILES string of the molecule is CN(C)C1(c2ccccc2)CCC2(CC1)CN(Cc1cn(CCO)nn1)C(=O)N2. The number of benzene rings is 1. The van der Waals surface area contributed by atoms with Gasteiger partial charge in [-0.05, 0) is 45.3 Å². The van der Waals surface area contributed by atoms with Gasteiger partial charge in [-0.25, -0.2) is 9.48 Å². The maximum Gasteiger partial charge on any atom is 0.318 e. The van der Waals surface area contributed by atoms with E-state index in [1.807, 2.05) is 4.90 Å². The molecule has 156 valence electrons. The van der Waals surface area contributed by atoms with Crippen molar-refractivity contribution in [1.82, 2.24) is 30.1 Å². The van der Waals surface area contributed by atoms with Gasteiger partial charge in [0.05, 0.1) is 31.4 Å². The van der Waals surface area contributed by atoms with Crippen LogP contribution in [0.3, 0.4) is 0 Å². The lowest BCUT2D eigenvalue weighted by Gasteiger charge is -2.48. The number of nitrogens with zero attached hydrogens (tertiary/aromatic N) is 5. The largest absolute Gasteiger partial charge is 0.394 e. The average Bonchev–Trinajstić information content (AvgIpc) is 3.28. The molecule has 1 aliphatic carbocycles. The second-order valence-electron chi connectivity index (χ2n) is 8.56. The molecule has 1 aromatic heterocycles. The molecule has 2 heterocycles. The second kappa shape index (κ2) is 7.76. The number of nitrogens with one attached hydrogen (secondary N) is 1. The predicted octanol–water partition coefficient (Wildman–Crippen LogP) is 1.57. The highest BCUT2D eigenvalue weighted by atomic mass is 16.3. The number of aliphatic hydroxyl groups is 1. The van der Waals surface area contributed by atoms with Gasteiger partial charge in [-0.1, -0.05) is 35.5 Å². The molecule has 0 bridgehead atoms. The topological polar surface area (TPSA) is 86.5 Å². The van der Waals surface area contributed by atoms with Crippen molar-refractivity contribution in [3.63, 3.8) is 0 Å². The molecule has 1 saturated carbocycles.